The Bertz CT molecular complexity index is 753. The van der Waals surface area contributed by atoms with Gasteiger partial charge in [-0.2, -0.15) is 0 Å². The van der Waals surface area contributed by atoms with Gasteiger partial charge < -0.3 is 19.8 Å². The van der Waals surface area contributed by atoms with Crippen LogP contribution in [0.2, 0.25) is 0 Å². The summed E-state index contributed by atoms with van der Waals surface area (Å²) >= 11 is 0. The molecule has 2 rings (SSSR count). The summed E-state index contributed by atoms with van der Waals surface area (Å²) < 4.78 is 10.2. The SMILES string of the molecule is CN=C(NCCCCCCC(=O)OC)NCc1coc(-c2ccc(C)cc2)n1. The van der Waals surface area contributed by atoms with Crippen molar-refractivity contribution >= 4 is 11.9 Å². The molecular weight excluding hydrogens is 356 g/mol. The normalized spacial score (nSPS) is 11.3. The van der Waals surface area contributed by atoms with Gasteiger partial charge in [-0.3, -0.25) is 9.79 Å². The number of carbonyl (C=O) groups is 1. The van der Waals surface area contributed by atoms with Crippen LogP contribution >= 0.6 is 0 Å². The molecule has 0 atom stereocenters. The van der Waals surface area contributed by atoms with Crippen LogP contribution in [0.3, 0.4) is 0 Å². The maximum Gasteiger partial charge on any atom is 0.305 e. The number of esters is 1. The number of ether oxygens (including phenoxy) is 1. The lowest BCUT2D eigenvalue weighted by Crippen LogP contribution is -2.37. The lowest BCUT2D eigenvalue weighted by Gasteiger charge is -2.10. The highest BCUT2D eigenvalue weighted by atomic mass is 16.5. The first-order valence-corrected chi connectivity index (χ1v) is 9.65. The number of hydrogen-bond donors (Lipinski definition) is 2. The van der Waals surface area contributed by atoms with E-state index >= 15 is 0 Å². The van der Waals surface area contributed by atoms with Crippen LogP contribution in [0.5, 0.6) is 0 Å². The Labute approximate surface area is 166 Å². The summed E-state index contributed by atoms with van der Waals surface area (Å²) in [5, 5.41) is 6.52. The van der Waals surface area contributed by atoms with Gasteiger partial charge in [0.05, 0.1) is 19.3 Å². The van der Waals surface area contributed by atoms with E-state index in [-0.39, 0.29) is 5.97 Å². The van der Waals surface area contributed by atoms with Crippen LogP contribution in [-0.2, 0) is 16.1 Å². The molecule has 0 radical (unpaired) electrons. The number of carbonyl (C=O) groups excluding carboxylic acids is 1. The van der Waals surface area contributed by atoms with E-state index in [1.165, 1.54) is 12.7 Å². The van der Waals surface area contributed by atoms with Crippen LogP contribution in [0.1, 0.15) is 43.4 Å². The van der Waals surface area contributed by atoms with Gasteiger partial charge in [-0.05, 0) is 31.9 Å². The minimum Gasteiger partial charge on any atom is -0.469 e. The van der Waals surface area contributed by atoms with Crippen LogP contribution < -0.4 is 10.6 Å². The van der Waals surface area contributed by atoms with Gasteiger partial charge in [0.25, 0.3) is 0 Å². The Kier molecular flexibility index (Phi) is 9.04. The van der Waals surface area contributed by atoms with Crippen molar-refractivity contribution in [1.82, 2.24) is 15.6 Å². The van der Waals surface area contributed by atoms with E-state index in [1.54, 1.807) is 13.3 Å². The third-order valence-electron chi connectivity index (χ3n) is 4.34. The van der Waals surface area contributed by atoms with Gasteiger partial charge in [0.15, 0.2) is 5.96 Å². The highest BCUT2D eigenvalue weighted by molar-refractivity contribution is 5.79. The number of aliphatic imine (C=N–C) groups is 1. The van der Waals surface area contributed by atoms with Crippen LogP contribution in [0.4, 0.5) is 0 Å². The summed E-state index contributed by atoms with van der Waals surface area (Å²) in [6.07, 6.45) is 6.12. The second-order valence-corrected chi connectivity index (χ2v) is 6.60. The number of nitrogens with zero attached hydrogens (tertiary/aromatic N) is 2. The smallest absolute Gasteiger partial charge is 0.305 e. The van der Waals surface area contributed by atoms with Gasteiger partial charge in [-0.15, -0.1) is 0 Å². The molecular formula is C21H30N4O3. The number of hydrogen-bond acceptors (Lipinski definition) is 5. The van der Waals surface area contributed by atoms with Crippen molar-refractivity contribution in [1.29, 1.82) is 0 Å². The topological polar surface area (TPSA) is 88.8 Å². The molecule has 0 saturated carbocycles. The summed E-state index contributed by atoms with van der Waals surface area (Å²) in [6, 6.07) is 8.09. The minimum absolute atomic E-state index is 0.138. The molecule has 1 heterocycles. The fourth-order valence-electron chi connectivity index (χ4n) is 2.67. The summed E-state index contributed by atoms with van der Waals surface area (Å²) in [5.41, 5.74) is 2.99. The Balaban J connectivity index is 1.66. The summed E-state index contributed by atoms with van der Waals surface area (Å²) in [6.45, 7) is 3.41. The van der Waals surface area contributed by atoms with Gasteiger partial charge in [-0.1, -0.05) is 30.5 Å². The van der Waals surface area contributed by atoms with Crippen molar-refractivity contribution < 1.29 is 13.9 Å². The lowest BCUT2D eigenvalue weighted by atomic mass is 10.1. The first kappa shape index (κ1) is 21.5. The van der Waals surface area contributed by atoms with Crippen molar-refractivity contribution in [2.75, 3.05) is 20.7 Å². The second kappa shape index (κ2) is 11.8. The van der Waals surface area contributed by atoms with Crippen LogP contribution in [-0.4, -0.2) is 37.6 Å². The van der Waals surface area contributed by atoms with E-state index in [2.05, 4.69) is 32.3 Å². The quantitative estimate of drug-likeness (QED) is 0.281. The average molecular weight is 386 g/mol. The molecule has 28 heavy (non-hydrogen) atoms. The molecule has 0 spiro atoms. The largest absolute Gasteiger partial charge is 0.469 e. The summed E-state index contributed by atoms with van der Waals surface area (Å²) in [4.78, 5) is 19.8. The molecule has 1 aromatic carbocycles. The van der Waals surface area contributed by atoms with E-state index in [1.807, 2.05) is 24.3 Å². The van der Waals surface area contributed by atoms with Gasteiger partial charge in [-0.25, -0.2) is 4.98 Å². The monoisotopic (exact) mass is 386 g/mol. The first-order valence-electron chi connectivity index (χ1n) is 9.65. The van der Waals surface area contributed by atoms with Gasteiger partial charge >= 0.3 is 5.97 Å². The number of oxazole rings is 1. The molecule has 0 fully saturated rings. The maximum atomic E-state index is 11.0. The zero-order valence-corrected chi connectivity index (χ0v) is 17.0. The van der Waals surface area contributed by atoms with E-state index in [9.17, 15) is 4.79 Å². The minimum atomic E-state index is -0.138. The van der Waals surface area contributed by atoms with Crippen molar-refractivity contribution in [2.24, 2.45) is 4.99 Å². The standard InChI is InChI=1S/C21H30N4O3/c1-16-9-11-17(12-10-16)20-25-18(15-28-20)14-24-21(22-2)23-13-7-5-4-6-8-19(26)27-3/h9-12,15H,4-8,13-14H2,1-3H3,(H2,22,23,24). The third kappa shape index (κ3) is 7.42. The molecule has 7 nitrogen and oxygen atoms in total. The van der Waals surface area contributed by atoms with E-state index in [0.717, 1.165) is 49.4 Å². The van der Waals surface area contributed by atoms with Gasteiger partial charge in [0, 0.05) is 25.6 Å². The van der Waals surface area contributed by atoms with E-state index in [4.69, 9.17) is 4.42 Å². The molecule has 2 aromatic rings. The average Bonchev–Trinajstić information content (AvgIpc) is 3.18. The Morgan fingerprint density at radius 2 is 1.89 bits per heavy atom. The number of guanidine groups is 1. The predicted molar refractivity (Wildman–Crippen MR) is 110 cm³/mol. The molecule has 0 aliphatic carbocycles. The highest BCUT2D eigenvalue weighted by Gasteiger charge is 2.07. The number of benzene rings is 1. The molecule has 7 heteroatoms. The van der Waals surface area contributed by atoms with Crippen molar-refractivity contribution in [3.8, 4) is 11.5 Å². The highest BCUT2D eigenvalue weighted by Crippen LogP contribution is 2.18. The molecule has 0 saturated heterocycles. The van der Waals surface area contributed by atoms with E-state index in [0.29, 0.717) is 18.9 Å². The molecule has 0 amide bonds. The third-order valence-corrected chi connectivity index (χ3v) is 4.34. The fraction of sp³-hybridized carbons (Fsp3) is 0.476. The molecule has 0 unspecified atom stereocenters. The van der Waals surface area contributed by atoms with Crippen LogP contribution in [0, 0.1) is 6.92 Å². The number of methoxy groups -OCH3 is 1. The fourth-order valence-corrected chi connectivity index (χ4v) is 2.67. The summed E-state index contributed by atoms with van der Waals surface area (Å²) in [5.74, 6) is 1.21. The van der Waals surface area contributed by atoms with Crippen molar-refractivity contribution in [3.63, 3.8) is 0 Å². The number of rotatable bonds is 10. The van der Waals surface area contributed by atoms with Gasteiger partial charge in [0.2, 0.25) is 5.89 Å². The van der Waals surface area contributed by atoms with Crippen molar-refractivity contribution in [2.45, 2.75) is 45.6 Å². The molecule has 0 aliphatic heterocycles. The Morgan fingerprint density at radius 3 is 2.61 bits per heavy atom. The zero-order valence-electron chi connectivity index (χ0n) is 17.0. The van der Waals surface area contributed by atoms with Crippen LogP contribution in [0.15, 0.2) is 39.9 Å². The van der Waals surface area contributed by atoms with E-state index < -0.39 is 0 Å². The number of unbranched alkanes of at least 4 members (excludes halogenated alkanes) is 3. The van der Waals surface area contributed by atoms with Crippen LogP contribution in [0.25, 0.3) is 11.5 Å². The summed E-state index contributed by atoms with van der Waals surface area (Å²) in [7, 11) is 3.17. The number of nitrogens with one attached hydrogen (secondary N) is 2. The molecule has 1 aromatic heterocycles. The maximum absolute atomic E-state index is 11.0. The molecule has 0 aliphatic rings. The molecule has 2 N–H and O–H groups in total. The second-order valence-electron chi connectivity index (χ2n) is 6.60. The predicted octanol–water partition coefficient (Wildman–Crippen LogP) is 3.44. The first-order chi connectivity index (χ1) is 13.6. The Hall–Kier alpha value is -2.83. The van der Waals surface area contributed by atoms with Gasteiger partial charge in [0.1, 0.15) is 6.26 Å². The lowest BCUT2D eigenvalue weighted by molar-refractivity contribution is -0.140. The molecule has 0 bridgehead atoms. The number of aryl methyl sites for hydroxylation is 1. The Morgan fingerprint density at radius 1 is 1.14 bits per heavy atom. The number of aromatic nitrogens is 1. The van der Waals surface area contributed by atoms with Crippen molar-refractivity contribution in [3.05, 3.63) is 41.8 Å². The molecule has 152 valence electrons. The zero-order chi connectivity index (χ0) is 20.2.